The molecule has 0 saturated heterocycles. The van der Waals surface area contributed by atoms with E-state index in [9.17, 15) is 27.0 Å². The average Bonchev–Trinajstić information content (AvgIpc) is 1.73. The Labute approximate surface area is 563 Å². The van der Waals surface area contributed by atoms with Gasteiger partial charge in [0.1, 0.15) is 47.7 Å². The van der Waals surface area contributed by atoms with Crippen molar-refractivity contribution in [2.75, 3.05) is 31.7 Å². The van der Waals surface area contributed by atoms with Crippen LogP contribution in [-0.2, 0) is 55.8 Å². The number of anilines is 1. The largest absolute Gasteiger partial charge is 0.490 e. The van der Waals surface area contributed by atoms with Crippen molar-refractivity contribution < 1.29 is 46.0 Å². The van der Waals surface area contributed by atoms with Gasteiger partial charge in [-0.2, -0.15) is 0 Å². The molecule has 4 aromatic rings. The Kier molecular flexibility index (Phi) is 26.8. The Balaban J connectivity index is 0.000000236. The first-order chi connectivity index (χ1) is 43.6. The number of nitrogens with zero attached hydrogens (tertiary/aromatic N) is 3. The van der Waals surface area contributed by atoms with E-state index in [1.165, 1.54) is 11.1 Å². The standard InChI is InChI=1S/C33H42ClN3O4S.C22H38N2O3SSi.C16H24N2O3S/c1-21-6-4-8-30(40-3)27-12-9-25(27)18-37-19-33(15-5-7-23-16-26(34)11-13-28(23)33)20-41-31-14-10-24(17-29(31)37)32(38)36-42(35,39)22(21)2;1-10-14-17(2)19(4)28(26,24-29(8,9)22(5,6)7)23-21(25)27-18(3)20-15-12-11-13-16-20;1-5-9-12(2)14(4)22(17,20)18-16(19)21-13(3)15-10-7-6-8-11-15/h4,8,10-11,13-14,16-17,21-22,25,27,30H,5-7,9,12,15,18-20H2,1-3H3,(H2,35,36,38,39);10-13,15-19H,1,14H2,2-9H3,(H,23,24,25,26);5-8,10-14H,1,9H2,2-4H3,(H2,17,18,19,20)/b8-4+;;/t21-,22+,25-,27+,30-,33-,42?;17-,18-,19+,28?;12-,13-,14+,22?/m000/s1. The highest BCUT2D eigenvalue weighted by molar-refractivity contribution is 7.93. The van der Waals surface area contributed by atoms with Gasteiger partial charge in [-0.3, -0.25) is 8.82 Å². The minimum Gasteiger partial charge on any atom is -0.490 e. The number of fused-ring (bicyclic) bond motifs is 4. The van der Waals surface area contributed by atoms with Crippen LogP contribution < -0.4 is 24.2 Å². The maximum atomic E-state index is 14.0. The van der Waals surface area contributed by atoms with Crippen molar-refractivity contribution in [3.8, 4) is 5.75 Å². The summed E-state index contributed by atoms with van der Waals surface area (Å²) in [5, 5.41) is 5.60. The van der Waals surface area contributed by atoms with Gasteiger partial charge >= 0.3 is 12.2 Å². The molecule has 2 heterocycles. The molecule has 3 unspecified atom stereocenters. The molecule has 1 saturated carbocycles. The van der Waals surface area contributed by atoms with Gasteiger partial charge in [0.2, 0.25) is 0 Å². The normalized spacial score (nSPS) is 25.7. The second kappa shape index (κ2) is 32.8. The van der Waals surface area contributed by atoms with Crippen LogP contribution in [0, 0.1) is 34.4 Å². The topological polar surface area (TPSA) is 241 Å². The van der Waals surface area contributed by atoms with Crippen LogP contribution in [0.2, 0.25) is 23.2 Å². The first-order valence-corrected chi connectivity index (χ1v) is 40.7. The number of methoxy groups -OCH3 is 1. The zero-order chi connectivity index (χ0) is 68.9. The molecule has 0 aromatic heterocycles. The third-order valence-electron chi connectivity index (χ3n) is 19.8. The van der Waals surface area contributed by atoms with E-state index in [-0.39, 0.29) is 39.6 Å². The molecule has 22 heteroatoms. The zero-order valence-electron chi connectivity index (χ0n) is 57.2. The number of halogens is 1. The molecule has 8 rings (SSSR count). The SMILES string of the molecule is C=CC[C@H](C)[C@@H](C)S(=N)(=O)NC(=O)O[C@@H](C)c1ccccc1.C=CC[C@H](C)[C@@H](C)S(=O)(=N[Si](C)(C)C(C)(C)C)NC(=O)O[C@@H](C)c1ccccc1.CO[C@H]1/C=C/C[C@H](C)[C@@H](C)S(N)(=O)=NC(=O)c2ccc3c(c2)N(C[C@@H]2CC[C@H]21)C[C@@]1(CCCc2cc(Cl)ccc21)CO3. The molecule has 2 bridgehead atoms. The molecule has 0 radical (unpaired) electrons. The van der Waals surface area contributed by atoms with Gasteiger partial charge in [-0.25, -0.2) is 41.6 Å². The van der Waals surface area contributed by atoms with Crippen molar-refractivity contribution in [3.05, 3.63) is 167 Å². The number of ether oxygens (including phenoxy) is 4. The molecule has 1 spiro atoms. The number of aryl methyl sites for hydroxylation is 1. The highest BCUT2D eigenvalue weighted by atomic mass is 35.5. The van der Waals surface area contributed by atoms with Crippen LogP contribution in [0.15, 0.2) is 143 Å². The van der Waals surface area contributed by atoms with Crippen molar-refractivity contribution in [1.29, 1.82) is 4.78 Å². The molecule has 4 aliphatic rings. The van der Waals surface area contributed by atoms with Gasteiger partial charge in [0.15, 0.2) is 8.24 Å². The Morgan fingerprint density at radius 2 is 1.47 bits per heavy atom. The van der Waals surface area contributed by atoms with E-state index >= 15 is 0 Å². The van der Waals surface area contributed by atoms with Crippen LogP contribution in [-0.4, -0.2) is 87.6 Å². The lowest BCUT2D eigenvalue weighted by atomic mass is 9.68. The number of carbonyl (C=O) groups excluding carboxylic acids is 3. The van der Waals surface area contributed by atoms with Crippen LogP contribution in [0.4, 0.5) is 15.3 Å². The van der Waals surface area contributed by atoms with Crippen molar-refractivity contribution in [1.82, 2.24) is 9.44 Å². The summed E-state index contributed by atoms with van der Waals surface area (Å²) in [4.78, 5) is 40.4. The van der Waals surface area contributed by atoms with Crippen molar-refractivity contribution in [2.45, 2.75) is 185 Å². The Bertz CT molecular complexity index is 3650. The Hall–Kier alpha value is -5.81. The summed E-state index contributed by atoms with van der Waals surface area (Å²) in [6, 6.07) is 30.4. The van der Waals surface area contributed by atoms with E-state index in [1.54, 1.807) is 40.0 Å². The lowest BCUT2D eigenvalue weighted by Gasteiger charge is -2.46. The summed E-state index contributed by atoms with van der Waals surface area (Å²) in [5.74, 6) is 1.05. The monoisotopic (exact) mass is 1370 g/mol. The predicted octanol–water partition coefficient (Wildman–Crippen LogP) is 16.8. The van der Waals surface area contributed by atoms with Gasteiger partial charge < -0.3 is 23.8 Å². The zero-order valence-corrected chi connectivity index (χ0v) is 61.4. The fraction of sp³-hybridized carbons (Fsp3) is 0.535. The van der Waals surface area contributed by atoms with Crippen molar-refractivity contribution in [3.63, 3.8) is 0 Å². The van der Waals surface area contributed by atoms with Gasteiger partial charge in [0.25, 0.3) is 5.91 Å². The molecule has 93 heavy (non-hydrogen) atoms. The van der Waals surface area contributed by atoms with Gasteiger partial charge in [0.05, 0.1) is 34.1 Å². The van der Waals surface area contributed by atoms with Gasteiger partial charge in [0, 0.05) is 36.2 Å². The van der Waals surface area contributed by atoms with E-state index in [1.807, 2.05) is 120 Å². The van der Waals surface area contributed by atoms with E-state index in [4.69, 9.17) is 44.5 Å². The number of benzene rings is 4. The molecule has 15 atom stereocenters. The first-order valence-electron chi connectivity index (χ1n) is 32.5. The molecular formula is C71H104ClN7O10S3Si. The molecule has 2 aliphatic heterocycles. The minimum atomic E-state index is -3.28. The summed E-state index contributed by atoms with van der Waals surface area (Å²) in [6.07, 6.45) is 12.7. The van der Waals surface area contributed by atoms with Gasteiger partial charge in [-0.1, -0.05) is 144 Å². The number of hydrogen-bond acceptors (Lipinski definition) is 13. The lowest BCUT2D eigenvalue weighted by molar-refractivity contribution is 0.0131. The molecule has 4 aromatic carbocycles. The summed E-state index contributed by atoms with van der Waals surface area (Å²) in [6.45, 7) is 34.8. The number of hydrogen-bond donors (Lipinski definition) is 4. The molecule has 3 amide bonds. The minimum absolute atomic E-state index is 0.00759. The van der Waals surface area contributed by atoms with Crippen LogP contribution in [0.3, 0.4) is 0 Å². The van der Waals surface area contributed by atoms with Crippen LogP contribution in [0.25, 0.3) is 0 Å². The molecule has 5 N–H and O–H groups in total. The van der Waals surface area contributed by atoms with Crippen LogP contribution in [0.5, 0.6) is 5.75 Å². The molecular weight excluding hydrogens is 1270 g/mol. The number of amides is 3. The fourth-order valence-electron chi connectivity index (χ4n) is 11.9. The summed E-state index contributed by atoms with van der Waals surface area (Å²) < 4.78 is 84.9. The van der Waals surface area contributed by atoms with E-state index < -0.39 is 78.8 Å². The number of allylic oxidation sites excluding steroid dienone is 3. The molecule has 2 aliphatic carbocycles. The summed E-state index contributed by atoms with van der Waals surface area (Å²) >= 11 is 6.41. The quantitative estimate of drug-likeness (QED) is 0.0607. The Morgan fingerprint density at radius 1 is 0.892 bits per heavy atom. The second-order valence-electron chi connectivity index (χ2n) is 27.4. The van der Waals surface area contributed by atoms with Crippen molar-refractivity contribution >= 4 is 73.4 Å². The lowest BCUT2D eigenvalue weighted by Crippen LogP contribution is -2.49. The number of nitrogens with two attached hydrogens (primary N) is 1. The van der Waals surface area contributed by atoms with E-state index in [2.05, 4.69) is 90.0 Å². The van der Waals surface area contributed by atoms with Crippen LogP contribution in [0.1, 0.15) is 166 Å². The number of carbonyl (C=O) groups is 3. The smallest absolute Gasteiger partial charge is 0.420 e. The Morgan fingerprint density at radius 3 is 2.02 bits per heavy atom. The fourth-order valence-corrected chi connectivity index (χ4v) is 20.5. The number of rotatable bonds is 16. The maximum absolute atomic E-state index is 14.0. The first kappa shape index (κ1) is 76.2. The maximum Gasteiger partial charge on any atom is 0.420 e. The third-order valence-corrected chi connectivity index (χ3v) is 32.5. The summed E-state index contributed by atoms with van der Waals surface area (Å²) in [5.41, 5.74) is 5.35. The molecule has 1 fully saturated rings. The van der Waals surface area contributed by atoms with E-state index in [0.717, 1.165) is 72.8 Å². The van der Waals surface area contributed by atoms with Gasteiger partial charge in [-0.15, -0.1) is 17.5 Å². The number of nitrogens with one attached hydrogen (secondary N) is 3. The van der Waals surface area contributed by atoms with Crippen molar-refractivity contribution in [2.24, 2.45) is 43.1 Å². The predicted molar refractivity (Wildman–Crippen MR) is 383 cm³/mol. The van der Waals surface area contributed by atoms with Gasteiger partial charge in [-0.05, 0) is 186 Å². The highest BCUT2D eigenvalue weighted by Crippen LogP contribution is 2.47. The molecule has 512 valence electrons. The molecule has 17 nitrogen and oxygen atoms in total. The third kappa shape index (κ3) is 19.9. The summed E-state index contributed by atoms with van der Waals surface area (Å²) in [7, 11) is -10.1. The highest BCUT2D eigenvalue weighted by Gasteiger charge is 2.45. The average molecular weight is 1380 g/mol. The van der Waals surface area contributed by atoms with E-state index in [0.29, 0.717) is 43.3 Å². The second-order valence-corrected chi connectivity index (χ2v) is 39.6. The van der Waals surface area contributed by atoms with Crippen LogP contribution >= 0.6 is 11.6 Å².